The van der Waals surface area contributed by atoms with E-state index in [1.807, 2.05) is 4.83 Å². The van der Waals surface area contributed by atoms with Crippen LogP contribution in [0, 0.1) is 17.0 Å². The molecule has 2 rings (SSSR count). The predicted molar refractivity (Wildman–Crippen MR) is 88.5 cm³/mol. The summed E-state index contributed by atoms with van der Waals surface area (Å²) in [6.45, 7) is 3.11. The van der Waals surface area contributed by atoms with Crippen LogP contribution in [-0.2, 0) is 10.0 Å². The zero-order valence-corrected chi connectivity index (χ0v) is 13.7. The van der Waals surface area contributed by atoms with E-state index in [-0.39, 0.29) is 16.3 Å². The van der Waals surface area contributed by atoms with Gasteiger partial charge in [-0.3, -0.25) is 10.1 Å². The van der Waals surface area contributed by atoms with E-state index in [9.17, 15) is 23.6 Å². The normalized spacial score (nSPS) is 12.0. The number of aromatic hydroxyl groups is 1. The van der Waals surface area contributed by atoms with Crippen LogP contribution in [-0.4, -0.2) is 24.2 Å². The smallest absolute Gasteiger partial charge is 0.276 e. The number of nitro benzene ring substituents is 1. The molecule has 0 saturated carbocycles. The molecule has 0 aliphatic heterocycles. The van der Waals surface area contributed by atoms with Gasteiger partial charge in [-0.15, -0.1) is 0 Å². The Bertz CT molecular complexity index is 905. The predicted octanol–water partition coefficient (Wildman–Crippen LogP) is 2.31. The summed E-state index contributed by atoms with van der Waals surface area (Å²) in [5.41, 5.74) is 1.07. The molecule has 0 heterocycles. The second-order valence-electron chi connectivity index (χ2n) is 5.04. The number of rotatable bonds is 5. The zero-order valence-electron chi connectivity index (χ0n) is 12.9. The number of phenolic OH excluding ortho intramolecular Hbond substituents is 1. The van der Waals surface area contributed by atoms with Crippen molar-refractivity contribution in [3.63, 3.8) is 0 Å². The van der Waals surface area contributed by atoms with Crippen LogP contribution in [0.4, 0.5) is 5.69 Å². The first kappa shape index (κ1) is 17.4. The Morgan fingerprint density at radius 1 is 1.21 bits per heavy atom. The highest BCUT2D eigenvalue weighted by atomic mass is 32.2. The fraction of sp³-hybridized carbons (Fsp3) is 0.133. The van der Waals surface area contributed by atoms with Gasteiger partial charge in [-0.05, 0) is 49.7 Å². The van der Waals surface area contributed by atoms with E-state index < -0.39 is 14.9 Å². The van der Waals surface area contributed by atoms with Crippen molar-refractivity contribution in [1.82, 2.24) is 4.83 Å². The van der Waals surface area contributed by atoms with Crippen LogP contribution >= 0.6 is 0 Å². The van der Waals surface area contributed by atoms with Gasteiger partial charge in [0.2, 0.25) is 0 Å². The molecule has 8 nitrogen and oxygen atoms in total. The fourth-order valence-corrected chi connectivity index (χ4v) is 2.78. The first-order chi connectivity index (χ1) is 11.2. The van der Waals surface area contributed by atoms with Gasteiger partial charge < -0.3 is 5.11 Å². The van der Waals surface area contributed by atoms with Gasteiger partial charge in [0, 0.05) is 11.6 Å². The Hall–Kier alpha value is -2.94. The van der Waals surface area contributed by atoms with E-state index in [4.69, 9.17) is 0 Å². The van der Waals surface area contributed by atoms with Crippen molar-refractivity contribution in [3.05, 3.63) is 63.7 Å². The Kier molecular flexibility index (Phi) is 4.84. The van der Waals surface area contributed by atoms with E-state index in [1.54, 1.807) is 19.1 Å². The van der Waals surface area contributed by atoms with Crippen LogP contribution < -0.4 is 4.83 Å². The van der Waals surface area contributed by atoms with Crippen LogP contribution in [0.1, 0.15) is 18.1 Å². The van der Waals surface area contributed by atoms with E-state index in [0.29, 0.717) is 16.8 Å². The van der Waals surface area contributed by atoms with Gasteiger partial charge in [-0.25, -0.2) is 0 Å². The molecular weight excluding hydrogens is 334 g/mol. The molecular formula is C15H15N3O5S. The second-order valence-corrected chi connectivity index (χ2v) is 6.71. The van der Waals surface area contributed by atoms with Gasteiger partial charge in [0.25, 0.3) is 15.7 Å². The van der Waals surface area contributed by atoms with Gasteiger partial charge in [0.15, 0.2) is 0 Å². The zero-order chi connectivity index (χ0) is 17.9. The molecule has 126 valence electrons. The summed E-state index contributed by atoms with van der Waals surface area (Å²) in [7, 11) is -4.04. The molecule has 0 unspecified atom stereocenters. The quantitative estimate of drug-likeness (QED) is 0.487. The number of nitrogens with zero attached hydrogens (tertiary/aromatic N) is 2. The number of benzene rings is 2. The number of hydrogen-bond acceptors (Lipinski definition) is 6. The van der Waals surface area contributed by atoms with Crippen molar-refractivity contribution >= 4 is 21.4 Å². The van der Waals surface area contributed by atoms with Crippen molar-refractivity contribution in [3.8, 4) is 5.75 Å². The Labute approximate surface area is 138 Å². The van der Waals surface area contributed by atoms with Gasteiger partial charge in [-0.1, -0.05) is 6.07 Å². The Morgan fingerprint density at radius 2 is 1.83 bits per heavy atom. The van der Waals surface area contributed by atoms with E-state index in [0.717, 1.165) is 6.07 Å². The molecule has 24 heavy (non-hydrogen) atoms. The van der Waals surface area contributed by atoms with Gasteiger partial charge in [-0.2, -0.15) is 18.4 Å². The summed E-state index contributed by atoms with van der Waals surface area (Å²) in [4.78, 5) is 12.1. The molecule has 0 bridgehead atoms. The standard InChI is InChI=1S/C15H15N3O5S/c1-10-3-8-14(9-15(10)18(20)21)24(22,23)17-16-11(2)12-4-6-13(19)7-5-12/h3-9,17,19H,1-2H3/b16-11+. The van der Waals surface area contributed by atoms with E-state index >= 15 is 0 Å². The molecule has 0 aliphatic rings. The maximum Gasteiger partial charge on any atom is 0.276 e. The molecule has 2 aromatic carbocycles. The number of phenols is 1. The molecule has 2 aromatic rings. The van der Waals surface area contributed by atoms with Crippen LogP contribution in [0.15, 0.2) is 52.5 Å². The average molecular weight is 349 g/mol. The van der Waals surface area contributed by atoms with Crippen molar-refractivity contribution in [2.75, 3.05) is 0 Å². The van der Waals surface area contributed by atoms with Gasteiger partial charge in [0.05, 0.1) is 15.5 Å². The van der Waals surface area contributed by atoms with E-state index in [1.165, 1.54) is 31.2 Å². The first-order valence-electron chi connectivity index (χ1n) is 6.81. The van der Waals surface area contributed by atoms with Crippen LogP contribution in [0.3, 0.4) is 0 Å². The molecule has 0 atom stereocenters. The number of hydrazone groups is 1. The molecule has 2 N–H and O–H groups in total. The summed E-state index contributed by atoms with van der Waals surface area (Å²) in [6, 6.07) is 9.69. The van der Waals surface area contributed by atoms with Gasteiger partial charge in [0.1, 0.15) is 5.75 Å². The van der Waals surface area contributed by atoms with Crippen molar-refractivity contribution in [2.24, 2.45) is 5.10 Å². The fourth-order valence-electron chi connectivity index (χ4n) is 1.90. The summed E-state index contributed by atoms with van der Waals surface area (Å²) < 4.78 is 24.5. The second kappa shape index (κ2) is 6.67. The maximum absolute atomic E-state index is 12.2. The minimum absolute atomic E-state index is 0.0825. The Morgan fingerprint density at radius 3 is 2.42 bits per heavy atom. The third-order valence-corrected chi connectivity index (χ3v) is 4.51. The third-order valence-electron chi connectivity index (χ3n) is 3.31. The summed E-state index contributed by atoms with van der Waals surface area (Å²) in [5, 5.41) is 24.0. The van der Waals surface area contributed by atoms with Crippen LogP contribution in [0.5, 0.6) is 5.75 Å². The number of hydrogen-bond donors (Lipinski definition) is 2. The molecule has 0 spiro atoms. The first-order valence-corrected chi connectivity index (χ1v) is 8.29. The monoisotopic (exact) mass is 349 g/mol. The molecule has 0 amide bonds. The largest absolute Gasteiger partial charge is 0.508 e. The minimum atomic E-state index is -4.04. The number of aryl methyl sites for hydroxylation is 1. The molecule has 0 saturated heterocycles. The molecule has 0 radical (unpaired) electrons. The summed E-state index contributed by atoms with van der Waals surface area (Å²) >= 11 is 0. The summed E-state index contributed by atoms with van der Waals surface area (Å²) in [6.07, 6.45) is 0. The lowest BCUT2D eigenvalue weighted by atomic mass is 10.1. The lowest BCUT2D eigenvalue weighted by Gasteiger charge is -2.06. The number of nitrogens with one attached hydrogen (secondary N) is 1. The minimum Gasteiger partial charge on any atom is -0.508 e. The average Bonchev–Trinajstić information content (AvgIpc) is 2.53. The highest BCUT2D eigenvalue weighted by Crippen LogP contribution is 2.22. The van der Waals surface area contributed by atoms with Crippen molar-refractivity contribution in [1.29, 1.82) is 0 Å². The van der Waals surface area contributed by atoms with Gasteiger partial charge >= 0.3 is 0 Å². The van der Waals surface area contributed by atoms with E-state index in [2.05, 4.69) is 5.10 Å². The van der Waals surface area contributed by atoms with Crippen molar-refractivity contribution in [2.45, 2.75) is 18.7 Å². The van der Waals surface area contributed by atoms with Crippen LogP contribution in [0.25, 0.3) is 0 Å². The number of nitro groups is 1. The molecule has 0 aromatic heterocycles. The highest BCUT2D eigenvalue weighted by Gasteiger charge is 2.19. The highest BCUT2D eigenvalue weighted by molar-refractivity contribution is 7.89. The van der Waals surface area contributed by atoms with Crippen LogP contribution in [0.2, 0.25) is 0 Å². The van der Waals surface area contributed by atoms with Crippen molar-refractivity contribution < 1.29 is 18.4 Å². The SMILES string of the molecule is C/C(=N\NS(=O)(=O)c1ccc(C)c([N+](=O)[O-])c1)c1ccc(O)cc1. The Balaban J connectivity index is 2.28. The lowest BCUT2D eigenvalue weighted by Crippen LogP contribution is -2.20. The summed E-state index contributed by atoms with van der Waals surface area (Å²) in [5.74, 6) is 0.0825. The lowest BCUT2D eigenvalue weighted by molar-refractivity contribution is -0.385. The molecule has 0 fully saturated rings. The molecule has 9 heteroatoms. The maximum atomic E-state index is 12.2. The number of sulfonamides is 1. The topological polar surface area (TPSA) is 122 Å². The third kappa shape index (κ3) is 3.87. The molecule has 0 aliphatic carbocycles.